The highest BCUT2D eigenvalue weighted by Crippen LogP contribution is 2.31. The molecule has 3 atom stereocenters. The zero-order valence-corrected chi connectivity index (χ0v) is 13.9. The average molecular weight is 324 g/mol. The zero-order chi connectivity index (χ0) is 13.8. The van der Waals surface area contributed by atoms with Crippen LogP contribution < -0.4 is 5.32 Å². The minimum absolute atomic E-state index is 0.486. The van der Waals surface area contributed by atoms with Crippen LogP contribution in [0.15, 0.2) is 28.7 Å². The third-order valence-corrected chi connectivity index (χ3v) is 4.77. The molecule has 0 spiro atoms. The molecular formula is C17H26BrN. The van der Waals surface area contributed by atoms with Gasteiger partial charge in [-0.1, -0.05) is 48.8 Å². The first-order valence-electron chi connectivity index (χ1n) is 7.60. The van der Waals surface area contributed by atoms with Gasteiger partial charge in [-0.3, -0.25) is 0 Å². The van der Waals surface area contributed by atoms with Crippen LogP contribution in [-0.4, -0.2) is 6.04 Å². The molecule has 0 aliphatic heterocycles. The minimum Gasteiger partial charge on any atom is -0.307 e. The first-order valence-corrected chi connectivity index (χ1v) is 8.39. The highest BCUT2D eigenvalue weighted by molar-refractivity contribution is 9.10. The van der Waals surface area contributed by atoms with Crippen molar-refractivity contribution in [1.82, 2.24) is 5.32 Å². The predicted molar refractivity (Wildman–Crippen MR) is 86.3 cm³/mol. The lowest BCUT2D eigenvalue weighted by Crippen LogP contribution is -2.38. The van der Waals surface area contributed by atoms with Gasteiger partial charge in [-0.05, 0) is 55.2 Å². The number of hydrogen-bond acceptors (Lipinski definition) is 1. The first kappa shape index (κ1) is 15.1. The van der Waals surface area contributed by atoms with Crippen LogP contribution in [0.2, 0.25) is 0 Å². The normalized spacial score (nSPS) is 29.2. The van der Waals surface area contributed by atoms with E-state index in [1.165, 1.54) is 29.3 Å². The largest absolute Gasteiger partial charge is 0.307 e. The van der Waals surface area contributed by atoms with E-state index in [1.54, 1.807) is 0 Å². The van der Waals surface area contributed by atoms with Crippen molar-refractivity contribution in [2.24, 2.45) is 11.8 Å². The van der Waals surface area contributed by atoms with Gasteiger partial charge in [-0.25, -0.2) is 0 Å². The smallest absolute Gasteiger partial charge is 0.0320 e. The van der Waals surface area contributed by atoms with Gasteiger partial charge in [-0.15, -0.1) is 0 Å². The summed E-state index contributed by atoms with van der Waals surface area (Å²) in [6.45, 7) is 7.06. The van der Waals surface area contributed by atoms with E-state index in [0.29, 0.717) is 12.1 Å². The van der Waals surface area contributed by atoms with Crippen LogP contribution in [0.1, 0.15) is 58.1 Å². The van der Waals surface area contributed by atoms with Crippen molar-refractivity contribution >= 4 is 15.9 Å². The van der Waals surface area contributed by atoms with Crippen molar-refractivity contribution in [3.8, 4) is 0 Å². The van der Waals surface area contributed by atoms with Crippen LogP contribution in [0, 0.1) is 11.8 Å². The number of hydrogen-bond donors (Lipinski definition) is 1. The monoisotopic (exact) mass is 323 g/mol. The predicted octanol–water partition coefficient (Wildman–Crippen LogP) is 5.31. The van der Waals surface area contributed by atoms with Crippen LogP contribution >= 0.6 is 15.9 Å². The Morgan fingerprint density at radius 3 is 2.47 bits per heavy atom. The van der Waals surface area contributed by atoms with Crippen molar-refractivity contribution in [2.45, 2.75) is 58.5 Å². The van der Waals surface area contributed by atoms with Crippen LogP contribution in [0.5, 0.6) is 0 Å². The topological polar surface area (TPSA) is 12.0 Å². The second-order valence-corrected chi connectivity index (χ2v) is 7.21. The van der Waals surface area contributed by atoms with Gasteiger partial charge in [0.25, 0.3) is 0 Å². The quantitative estimate of drug-likeness (QED) is 0.791. The number of halogens is 1. The number of benzene rings is 1. The number of rotatable bonds is 4. The minimum atomic E-state index is 0.486. The Labute approximate surface area is 126 Å². The molecule has 1 fully saturated rings. The molecule has 0 saturated heterocycles. The Morgan fingerprint density at radius 1 is 1.21 bits per heavy atom. The molecule has 2 heteroatoms. The van der Waals surface area contributed by atoms with E-state index in [2.05, 4.69) is 66.3 Å². The molecule has 0 aromatic heterocycles. The summed E-state index contributed by atoms with van der Waals surface area (Å²) in [7, 11) is 0. The van der Waals surface area contributed by atoms with E-state index in [-0.39, 0.29) is 0 Å². The molecule has 1 aliphatic rings. The van der Waals surface area contributed by atoms with Gasteiger partial charge in [0.15, 0.2) is 0 Å². The second-order valence-electron chi connectivity index (χ2n) is 6.30. The van der Waals surface area contributed by atoms with Crippen molar-refractivity contribution < 1.29 is 0 Å². The highest BCUT2D eigenvalue weighted by atomic mass is 79.9. The molecule has 1 aromatic rings. The average Bonchev–Trinajstić information content (AvgIpc) is 2.34. The summed E-state index contributed by atoms with van der Waals surface area (Å²) in [6.07, 6.45) is 5.20. The Hall–Kier alpha value is -0.340. The van der Waals surface area contributed by atoms with Crippen LogP contribution in [0.3, 0.4) is 0 Å². The maximum Gasteiger partial charge on any atom is 0.0320 e. The fraction of sp³-hybridized carbons (Fsp3) is 0.647. The summed E-state index contributed by atoms with van der Waals surface area (Å²) in [5, 5.41) is 3.89. The molecule has 2 rings (SSSR count). The summed E-state index contributed by atoms with van der Waals surface area (Å²) < 4.78 is 1.18. The molecule has 19 heavy (non-hydrogen) atoms. The van der Waals surface area contributed by atoms with Gasteiger partial charge in [0.1, 0.15) is 0 Å². The van der Waals surface area contributed by atoms with Gasteiger partial charge in [0.2, 0.25) is 0 Å². The lowest BCUT2D eigenvalue weighted by atomic mass is 9.80. The molecule has 1 aliphatic carbocycles. The summed E-state index contributed by atoms with van der Waals surface area (Å²) >= 11 is 3.58. The molecule has 1 aromatic carbocycles. The zero-order valence-electron chi connectivity index (χ0n) is 12.3. The van der Waals surface area contributed by atoms with Crippen molar-refractivity contribution in [3.63, 3.8) is 0 Å². The third kappa shape index (κ3) is 4.32. The van der Waals surface area contributed by atoms with E-state index in [1.807, 2.05) is 0 Å². The van der Waals surface area contributed by atoms with E-state index < -0.39 is 0 Å². The molecule has 0 heterocycles. The Bertz CT molecular complexity index is 394. The Balaban J connectivity index is 2.02. The molecule has 1 N–H and O–H groups in total. The molecular weight excluding hydrogens is 298 g/mol. The third-order valence-electron chi connectivity index (χ3n) is 4.27. The molecule has 1 saturated carbocycles. The van der Waals surface area contributed by atoms with E-state index in [0.717, 1.165) is 18.3 Å². The molecule has 0 amide bonds. The van der Waals surface area contributed by atoms with Crippen molar-refractivity contribution in [1.29, 1.82) is 0 Å². The maximum atomic E-state index is 3.89. The van der Waals surface area contributed by atoms with E-state index in [9.17, 15) is 0 Å². The lowest BCUT2D eigenvalue weighted by Gasteiger charge is -2.34. The lowest BCUT2D eigenvalue weighted by molar-refractivity contribution is 0.224. The first-order chi connectivity index (χ1) is 9.08. The molecule has 1 nitrogen and oxygen atoms in total. The van der Waals surface area contributed by atoms with Crippen molar-refractivity contribution in [3.05, 3.63) is 34.3 Å². The van der Waals surface area contributed by atoms with Crippen LogP contribution in [-0.2, 0) is 0 Å². The highest BCUT2D eigenvalue weighted by Gasteiger charge is 2.25. The molecule has 0 bridgehead atoms. The van der Waals surface area contributed by atoms with Gasteiger partial charge in [-0.2, -0.15) is 0 Å². The summed E-state index contributed by atoms with van der Waals surface area (Å²) in [5.74, 6) is 1.72. The van der Waals surface area contributed by atoms with Gasteiger partial charge >= 0.3 is 0 Å². The van der Waals surface area contributed by atoms with E-state index >= 15 is 0 Å². The fourth-order valence-corrected chi connectivity index (χ4v) is 3.96. The molecule has 106 valence electrons. The van der Waals surface area contributed by atoms with Gasteiger partial charge in [0.05, 0.1) is 0 Å². The number of nitrogens with one attached hydrogen (secondary N) is 1. The van der Waals surface area contributed by atoms with Crippen LogP contribution in [0.25, 0.3) is 0 Å². The Kier molecular flexibility index (Phi) is 5.47. The van der Waals surface area contributed by atoms with Gasteiger partial charge in [0, 0.05) is 16.6 Å². The SMILES string of the molecule is CCC(NC1CC(C)CC(C)C1)c1cccc(Br)c1. The molecule has 3 unspecified atom stereocenters. The summed E-state index contributed by atoms with van der Waals surface area (Å²) in [6, 6.07) is 9.89. The molecule has 0 radical (unpaired) electrons. The fourth-order valence-electron chi connectivity index (χ4n) is 3.54. The Morgan fingerprint density at radius 2 is 1.89 bits per heavy atom. The van der Waals surface area contributed by atoms with Crippen LogP contribution in [0.4, 0.5) is 0 Å². The maximum absolute atomic E-state index is 3.89. The summed E-state index contributed by atoms with van der Waals surface area (Å²) in [4.78, 5) is 0. The van der Waals surface area contributed by atoms with Crippen molar-refractivity contribution in [2.75, 3.05) is 0 Å². The van der Waals surface area contributed by atoms with E-state index in [4.69, 9.17) is 0 Å². The second kappa shape index (κ2) is 6.90. The standard InChI is InChI=1S/C17H26BrN/c1-4-17(14-6-5-7-15(18)11-14)19-16-9-12(2)8-13(3)10-16/h5-7,11-13,16-17,19H,4,8-10H2,1-3H3. The summed E-state index contributed by atoms with van der Waals surface area (Å²) in [5.41, 5.74) is 1.41. The van der Waals surface area contributed by atoms with Gasteiger partial charge < -0.3 is 5.32 Å².